The van der Waals surface area contributed by atoms with Gasteiger partial charge in [0.05, 0.1) is 23.4 Å². The lowest BCUT2D eigenvalue weighted by Crippen LogP contribution is -2.24. The van der Waals surface area contributed by atoms with Crippen LogP contribution >= 0.6 is 11.3 Å². The molecule has 0 bridgehead atoms. The molecule has 146 valence electrons. The first-order valence-electron chi connectivity index (χ1n) is 8.82. The molecule has 6 heteroatoms. The van der Waals surface area contributed by atoms with Crippen molar-refractivity contribution in [2.24, 2.45) is 0 Å². The molecule has 27 heavy (non-hydrogen) atoms. The van der Waals surface area contributed by atoms with Gasteiger partial charge >= 0.3 is 11.9 Å². The summed E-state index contributed by atoms with van der Waals surface area (Å²) in [5, 5.41) is 0.855. The zero-order chi connectivity index (χ0) is 20.4. The number of carbonyl (C=O) groups is 2. The van der Waals surface area contributed by atoms with E-state index in [1.54, 1.807) is 12.1 Å². The van der Waals surface area contributed by atoms with Crippen LogP contribution in [0.5, 0.6) is 0 Å². The van der Waals surface area contributed by atoms with Gasteiger partial charge in [-0.15, -0.1) is 11.3 Å². The summed E-state index contributed by atoms with van der Waals surface area (Å²) < 4.78 is 10.4. The molecule has 0 atom stereocenters. The highest BCUT2D eigenvalue weighted by Crippen LogP contribution is 2.32. The van der Waals surface area contributed by atoms with Crippen molar-refractivity contribution in [2.45, 2.75) is 59.0 Å². The third-order valence-corrected chi connectivity index (χ3v) is 5.21. The molecular weight excluding hydrogens is 362 g/mol. The number of ether oxygens (including phenoxy) is 2. The Balaban J connectivity index is 2.49. The van der Waals surface area contributed by atoms with Crippen molar-refractivity contribution in [3.05, 3.63) is 51.0 Å². The van der Waals surface area contributed by atoms with Crippen molar-refractivity contribution in [3.63, 3.8) is 0 Å². The van der Waals surface area contributed by atoms with E-state index in [1.165, 1.54) is 18.4 Å². The Morgan fingerprint density at radius 1 is 1.04 bits per heavy atom. The molecule has 1 aromatic heterocycles. The van der Waals surface area contributed by atoms with E-state index in [-0.39, 0.29) is 11.4 Å². The molecule has 1 heterocycles. The van der Waals surface area contributed by atoms with E-state index < -0.39 is 11.6 Å². The molecule has 0 fully saturated rings. The summed E-state index contributed by atoms with van der Waals surface area (Å²) in [6, 6.07) is 7.20. The first-order chi connectivity index (χ1) is 12.4. The van der Waals surface area contributed by atoms with E-state index in [0.717, 1.165) is 10.6 Å². The zero-order valence-electron chi connectivity index (χ0n) is 17.0. The topological polar surface area (TPSA) is 65.5 Å². The molecule has 5 nitrogen and oxygen atoms in total. The molecule has 2 rings (SSSR count). The van der Waals surface area contributed by atoms with Crippen LogP contribution in [0.4, 0.5) is 0 Å². The minimum absolute atomic E-state index is 0.193. The molecule has 1 aromatic carbocycles. The summed E-state index contributed by atoms with van der Waals surface area (Å²) in [5.41, 5.74) is 1.07. The summed E-state index contributed by atoms with van der Waals surface area (Å²) >= 11 is 1.35. The summed E-state index contributed by atoms with van der Waals surface area (Å²) in [5.74, 6) is -0.795. The number of aromatic nitrogens is 1. The monoisotopic (exact) mass is 389 g/mol. The predicted molar refractivity (Wildman–Crippen MR) is 107 cm³/mol. The third kappa shape index (κ3) is 5.39. The van der Waals surface area contributed by atoms with Crippen LogP contribution in [0, 0.1) is 0 Å². The zero-order valence-corrected chi connectivity index (χ0v) is 17.8. The van der Waals surface area contributed by atoms with E-state index >= 15 is 0 Å². The number of rotatable bonds is 4. The highest BCUT2D eigenvalue weighted by molar-refractivity contribution is 7.13. The lowest BCUT2D eigenvalue weighted by atomic mass is 9.98. The second-order valence-electron chi connectivity index (χ2n) is 8.37. The van der Waals surface area contributed by atoms with Crippen LogP contribution in [0.2, 0.25) is 0 Å². The molecule has 2 aromatic rings. The Labute approximate surface area is 164 Å². The van der Waals surface area contributed by atoms with Gasteiger partial charge in [0.2, 0.25) is 0 Å². The van der Waals surface area contributed by atoms with Gasteiger partial charge in [-0.3, -0.25) is 0 Å². The van der Waals surface area contributed by atoms with E-state index in [9.17, 15) is 9.59 Å². The Morgan fingerprint density at radius 2 is 1.67 bits per heavy atom. The lowest BCUT2D eigenvalue weighted by molar-refractivity contribution is 0.00738. The molecule has 0 unspecified atom stereocenters. The second kappa shape index (κ2) is 7.80. The minimum Gasteiger partial charge on any atom is -0.465 e. The highest BCUT2D eigenvalue weighted by Gasteiger charge is 2.28. The Kier molecular flexibility index (Phi) is 6.10. The van der Waals surface area contributed by atoms with Gasteiger partial charge in [0.1, 0.15) is 10.5 Å². The van der Waals surface area contributed by atoms with E-state index in [0.29, 0.717) is 22.6 Å². The van der Waals surface area contributed by atoms with Crippen LogP contribution in [0.1, 0.15) is 77.8 Å². The molecule has 0 saturated heterocycles. The summed E-state index contributed by atoms with van der Waals surface area (Å²) in [4.78, 5) is 30.0. The first-order valence-corrected chi connectivity index (χ1v) is 9.64. The SMILES string of the molecule is COC(=O)c1ccccc1Cc1nc(C(C)(C)C)sc1C(=O)OC(C)(C)C. The molecule has 0 aliphatic rings. The van der Waals surface area contributed by atoms with Crippen LogP contribution in [0.25, 0.3) is 0 Å². The number of nitrogens with zero attached hydrogens (tertiary/aromatic N) is 1. The van der Waals surface area contributed by atoms with Crippen molar-refractivity contribution < 1.29 is 19.1 Å². The van der Waals surface area contributed by atoms with Crippen molar-refractivity contribution >= 4 is 23.3 Å². The quantitative estimate of drug-likeness (QED) is 0.705. The van der Waals surface area contributed by atoms with Gasteiger partial charge in [-0.05, 0) is 32.4 Å². The number of benzene rings is 1. The fourth-order valence-corrected chi connectivity index (χ4v) is 3.46. The molecule has 0 amide bonds. The first kappa shape index (κ1) is 21.1. The fourth-order valence-electron chi connectivity index (χ4n) is 2.44. The molecule has 0 spiro atoms. The number of hydrogen-bond donors (Lipinski definition) is 0. The predicted octanol–water partition coefficient (Wildman–Crippen LogP) is 4.77. The fraction of sp³-hybridized carbons (Fsp3) is 0.476. The molecule has 0 N–H and O–H groups in total. The summed E-state index contributed by atoms with van der Waals surface area (Å²) in [7, 11) is 1.35. The van der Waals surface area contributed by atoms with Gasteiger partial charge < -0.3 is 9.47 Å². The summed E-state index contributed by atoms with van der Waals surface area (Å²) in [6.45, 7) is 11.7. The van der Waals surface area contributed by atoms with Gasteiger partial charge in [-0.1, -0.05) is 39.0 Å². The van der Waals surface area contributed by atoms with E-state index in [1.807, 2.05) is 32.9 Å². The van der Waals surface area contributed by atoms with E-state index in [2.05, 4.69) is 20.8 Å². The van der Waals surface area contributed by atoms with Crippen LogP contribution < -0.4 is 0 Å². The van der Waals surface area contributed by atoms with Crippen molar-refractivity contribution in [2.75, 3.05) is 7.11 Å². The van der Waals surface area contributed by atoms with Crippen molar-refractivity contribution in [3.8, 4) is 0 Å². The lowest BCUT2D eigenvalue weighted by Gasteiger charge is -2.19. The van der Waals surface area contributed by atoms with Gasteiger partial charge in [-0.25, -0.2) is 14.6 Å². The Hall–Kier alpha value is -2.21. The van der Waals surface area contributed by atoms with Gasteiger partial charge in [0, 0.05) is 11.8 Å². The number of carbonyl (C=O) groups excluding carboxylic acids is 2. The normalized spacial score (nSPS) is 12.0. The smallest absolute Gasteiger partial charge is 0.350 e. The standard InChI is InChI=1S/C21H27NO4S/c1-20(2,3)19-22-15(16(27-19)18(24)26-21(4,5)6)12-13-10-8-9-11-14(13)17(23)25-7/h8-11H,12H2,1-7H3. The van der Waals surface area contributed by atoms with Gasteiger partial charge in [0.15, 0.2) is 0 Å². The van der Waals surface area contributed by atoms with Crippen molar-refractivity contribution in [1.82, 2.24) is 4.98 Å². The van der Waals surface area contributed by atoms with Crippen LogP contribution in [0.3, 0.4) is 0 Å². The maximum Gasteiger partial charge on any atom is 0.350 e. The number of esters is 2. The summed E-state index contributed by atoms with van der Waals surface area (Å²) in [6.07, 6.45) is 0.354. The highest BCUT2D eigenvalue weighted by atomic mass is 32.1. The molecule has 0 aliphatic heterocycles. The molecule has 0 saturated carbocycles. The second-order valence-corrected chi connectivity index (χ2v) is 9.37. The van der Waals surface area contributed by atoms with Crippen LogP contribution in [-0.4, -0.2) is 29.6 Å². The van der Waals surface area contributed by atoms with Crippen molar-refractivity contribution in [1.29, 1.82) is 0 Å². The number of methoxy groups -OCH3 is 1. The van der Waals surface area contributed by atoms with Crippen LogP contribution in [-0.2, 0) is 21.3 Å². The van der Waals surface area contributed by atoms with Gasteiger partial charge in [0.25, 0.3) is 0 Å². The van der Waals surface area contributed by atoms with Gasteiger partial charge in [-0.2, -0.15) is 0 Å². The Morgan fingerprint density at radius 3 is 2.22 bits per heavy atom. The number of hydrogen-bond acceptors (Lipinski definition) is 6. The number of thiazole rings is 1. The average Bonchev–Trinajstić information content (AvgIpc) is 2.97. The molecule has 0 radical (unpaired) electrons. The maximum absolute atomic E-state index is 12.7. The Bertz CT molecular complexity index is 841. The third-order valence-electron chi connectivity index (χ3n) is 3.70. The molecular formula is C21H27NO4S. The average molecular weight is 390 g/mol. The maximum atomic E-state index is 12.7. The molecule has 0 aliphatic carbocycles. The largest absolute Gasteiger partial charge is 0.465 e. The van der Waals surface area contributed by atoms with Crippen LogP contribution in [0.15, 0.2) is 24.3 Å². The minimum atomic E-state index is -0.593. The van der Waals surface area contributed by atoms with E-state index in [4.69, 9.17) is 14.5 Å².